The molecular formula is C20H18BrFN4O2. The molecule has 0 saturated carbocycles. The van der Waals surface area contributed by atoms with E-state index in [1.807, 2.05) is 6.07 Å². The minimum Gasteiger partial charge on any atom is -0.396 e. The lowest BCUT2D eigenvalue weighted by Crippen LogP contribution is -2.31. The summed E-state index contributed by atoms with van der Waals surface area (Å²) in [6.45, 7) is 2.47. The Morgan fingerprint density at radius 2 is 2.18 bits per heavy atom. The highest BCUT2D eigenvalue weighted by atomic mass is 79.9. The van der Waals surface area contributed by atoms with Crippen LogP contribution in [0.3, 0.4) is 0 Å². The molecule has 0 N–H and O–H groups in total. The molecule has 8 heteroatoms. The fraction of sp³-hybridized carbons (Fsp3) is 0.250. The van der Waals surface area contributed by atoms with Gasteiger partial charge in [0, 0.05) is 21.1 Å². The molecule has 0 fully saturated rings. The molecule has 0 saturated heterocycles. The van der Waals surface area contributed by atoms with Crippen molar-refractivity contribution in [2.24, 2.45) is 0 Å². The number of nitriles is 1. The van der Waals surface area contributed by atoms with E-state index in [0.717, 1.165) is 29.8 Å². The Labute approximate surface area is 170 Å². The van der Waals surface area contributed by atoms with Gasteiger partial charge in [0.25, 0.3) is 5.91 Å². The molecule has 0 bridgehead atoms. The Morgan fingerprint density at radius 3 is 2.89 bits per heavy atom. The van der Waals surface area contributed by atoms with Gasteiger partial charge in [-0.15, -0.1) is 5.10 Å². The summed E-state index contributed by atoms with van der Waals surface area (Å²) in [6.07, 6.45) is 3.58. The lowest BCUT2D eigenvalue weighted by Gasteiger charge is -2.20. The molecule has 0 atom stereocenters. The van der Waals surface area contributed by atoms with Gasteiger partial charge in [0.05, 0.1) is 12.3 Å². The fourth-order valence-corrected chi connectivity index (χ4v) is 3.21. The highest BCUT2D eigenvalue weighted by molar-refractivity contribution is 9.10. The number of carbonyl (C=O) groups is 1. The molecule has 3 aromatic rings. The monoisotopic (exact) mass is 444 g/mol. The van der Waals surface area contributed by atoms with E-state index in [2.05, 4.69) is 28.0 Å². The van der Waals surface area contributed by atoms with Crippen LogP contribution >= 0.6 is 15.9 Å². The first kappa shape index (κ1) is 19.8. The molecule has 0 aliphatic rings. The standard InChI is InChI=1S/C20H18BrFN4O2/c1-2-3-8-28-26-19-5-4-18(11-15(19)13-24-26)25(7-6-23)20(27)14-9-16(21)12-17(22)10-14/h4-5,9-13H,2-3,7-8H2,1H3. The van der Waals surface area contributed by atoms with Crippen molar-refractivity contribution < 1.29 is 14.0 Å². The van der Waals surface area contributed by atoms with Crippen LogP contribution in [0.5, 0.6) is 0 Å². The Balaban J connectivity index is 1.92. The van der Waals surface area contributed by atoms with Crippen LogP contribution in [0, 0.1) is 17.1 Å². The Morgan fingerprint density at radius 1 is 1.36 bits per heavy atom. The summed E-state index contributed by atoms with van der Waals surface area (Å²) in [5.74, 6) is -0.997. The minimum absolute atomic E-state index is 0.154. The highest BCUT2D eigenvalue weighted by Crippen LogP contribution is 2.24. The number of fused-ring (bicyclic) bond motifs is 1. The average molecular weight is 445 g/mol. The molecule has 1 aromatic heterocycles. The summed E-state index contributed by atoms with van der Waals surface area (Å²) in [6, 6.07) is 11.2. The van der Waals surface area contributed by atoms with E-state index in [-0.39, 0.29) is 12.1 Å². The van der Waals surface area contributed by atoms with E-state index in [1.165, 1.54) is 21.9 Å². The zero-order chi connectivity index (χ0) is 20.1. The van der Waals surface area contributed by atoms with Crippen LogP contribution in [0.25, 0.3) is 10.9 Å². The number of rotatable bonds is 7. The largest absolute Gasteiger partial charge is 0.396 e. The molecule has 0 aliphatic heterocycles. The minimum atomic E-state index is -0.532. The number of unbranched alkanes of at least 4 members (excludes halogenated alkanes) is 1. The van der Waals surface area contributed by atoms with Crippen molar-refractivity contribution in [3.8, 4) is 6.07 Å². The fourth-order valence-electron chi connectivity index (χ4n) is 2.75. The maximum Gasteiger partial charge on any atom is 0.259 e. The summed E-state index contributed by atoms with van der Waals surface area (Å²) in [5.41, 5.74) is 1.44. The van der Waals surface area contributed by atoms with Gasteiger partial charge < -0.3 is 4.84 Å². The first-order valence-corrected chi connectivity index (χ1v) is 9.58. The van der Waals surface area contributed by atoms with Gasteiger partial charge in [-0.2, -0.15) is 5.26 Å². The van der Waals surface area contributed by atoms with E-state index in [1.54, 1.807) is 24.4 Å². The Bertz CT molecular complexity index is 1020. The third-order valence-corrected chi connectivity index (χ3v) is 4.58. The van der Waals surface area contributed by atoms with Crippen molar-refractivity contribution in [3.05, 3.63) is 58.4 Å². The summed E-state index contributed by atoms with van der Waals surface area (Å²) >= 11 is 3.19. The summed E-state index contributed by atoms with van der Waals surface area (Å²) < 4.78 is 14.1. The summed E-state index contributed by atoms with van der Waals surface area (Å²) in [7, 11) is 0. The molecule has 0 unspecified atom stereocenters. The number of amides is 1. The van der Waals surface area contributed by atoms with Gasteiger partial charge in [-0.1, -0.05) is 34.1 Å². The van der Waals surface area contributed by atoms with Crippen molar-refractivity contribution in [1.82, 2.24) is 9.94 Å². The molecule has 2 aromatic carbocycles. The molecule has 0 spiro atoms. The van der Waals surface area contributed by atoms with Gasteiger partial charge in [-0.05, 0) is 42.8 Å². The van der Waals surface area contributed by atoms with E-state index in [0.29, 0.717) is 16.8 Å². The van der Waals surface area contributed by atoms with Crippen LogP contribution in [-0.2, 0) is 0 Å². The molecule has 3 rings (SSSR count). The zero-order valence-corrected chi connectivity index (χ0v) is 16.8. The smallest absolute Gasteiger partial charge is 0.259 e. The van der Waals surface area contributed by atoms with Gasteiger partial charge >= 0.3 is 0 Å². The van der Waals surface area contributed by atoms with Gasteiger partial charge in [0.2, 0.25) is 0 Å². The van der Waals surface area contributed by atoms with Crippen LogP contribution in [0.1, 0.15) is 30.1 Å². The third kappa shape index (κ3) is 4.31. The number of hydrogen-bond donors (Lipinski definition) is 0. The summed E-state index contributed by atoms with van der Waals surface area (Å²) in [5, 5.41) is 14.2. The van der Waals surface area contributed by atoms with Crippen molar-refractivity contribution >= 4 is 38.4 Å². The lowest BCUT2D eigenvalue weighted by atomic mass is 10.1. The SMILES string of the molecule is CCCCOn1ncc2cc(N(CC#N)C(=O)c3cc(F)cc(Br)c3)ccc21. The van der Waals surface area contributed by atoms with Gasteiger partial charge in [0.15, 0.2) is 0 Å². The first-order chi connectivity index (χ1) is 13.5. The third-order valence-electron chi connectivity index (χ3n) is 4.13. The molecular weight excluding hydrogens is 427 g/mol. The van der Waals surface area contributed by atoms with Crippen LogP contribution in [0.2, 0.25) is 0 Å². The van der Waals surface area contributed by atoms with E-state index >= 15 is 0 Å². The van der Waals surface area contributed by atoms with Crippen LogP contribution in [-0.4, -0.2) is 29.0 Å². The van der Waals surface area contributed by atoms with E-state index in [4.69, 9.17) is 4.84 Å². The number of halogens is 2. The van der Waals surface area contributed by atoms with E-state index < -0.39 is 11.7 Å². The van der Waals surface area contributed by atoms with Gasteiger partial charge in [-0.25, -0.2) is 4.39 Å². The molecule has 1 heterocycles. The normalized spacial score (nSPS) is 10.6. The number of aromatic nitrogens is 2. The second-order valence-corrected chi connectivity index (χ2v) is 7.07. The molecule has 144 valence electrons. The maximum absolute atomic E-state index is 13.7. The number of benzene rings is 2. The van der Waals surface area contributed by atoms with Gasteiger partial charge in [-0.3, -0.25) is 9.69 Å². The van der Waals surface area contributed by atoms with Crippen molar-refractivity contribution in [2.45, 2.75) is 19.8 Å². The zero-order valence-electron chi connectivity index (χ0n) is 15.2. The van der Waals surface area contributed by atoms with E-state index in [9.17, 15) is 14.4 Å². The average Bonchev–Trinajstić information content (AvgIpc) is 3.07. The second-order valence-electron chi connectivity index (χ2n) is 6.15. The first-order valence-electron chi connectivity index (χ1n) is 8.79. The highest BCUT2D eigenvalue weighted by Gasteiger charge is 2.20. The Hall–Kier alpha value is -2.92. The summed E-state index contributed by atoms with van der Waals surface area (Å²) in [4.78, 5) is 21.3. The Kier molecular flexibility index (Phi) is 6.26. The van der Waals surface area contributed by atoms with Crippen LogP contribution in [0.15, 0.2) is 47.1 Å². The number of nitrogens with zero attached hydrogens (tertiary/aromatic N) is 4. The predicted octanol–water partition coefficient (Wildman–Crippen LogP) is 4.34. The van der Waals surface area contributed by atoms with Crippen LogP contribution in [0.4, 0.5) is 10.1 Å². The molecule has 0 radical (unpaired) electrons. The molecule has 0 aliphatic carbocycles. The van der Waals surface area contributed by atoms with Gasteiger partial charge in [0.1, 0.15) is 24.5 Å². The molecule has 28 heavy (non-hydrogen) atoms. The van der Waals surface area contributed by atoms with Crippen molar-refractivity contribution in [3.63, 3.8) is 0 Å². The number of anilines is 1. The number of hydrogen-bond acceptors (Lipinski definition) is 4. The maximum atomic E-state index is 13.7. The van der Waals surface area contributed by atoms with Crippen LogP contribution < -0.4 is 9.74 Å². The molecule has 1 amide bonds. The quantitative estimate of drug-likeness (QED) is 0.401. The van der Waals surface area contributed by atoms with Crippen molar-refractivity contribution in [1.29, 1.82) is 5.26 Å². The second kappa shape index (κ2) is 8.85. The topological polar surface area (TPSA) is 71.2 Å². The number of carbonyl (C=O) groups excluding carboxylic acids is 1. The lowest BCUT2D eigenvalue weighted by molar-refractivity contribution is 0.0897. The van der Waals surface area contributed by atoms with Crippen molar-refractivity contribution in [2.75, 3.05) is 18.1 Å². The predicted molar refractivity (Wildman–Crippen MR) is 107 cm³/mol. The molecule has 6 nitrogen and oxygen atoms in total.